The van der Waals surface area contributed by atoms with E-state index in [4.69, 9.17) is 0 Å². The average Bonchev–Trinajstić information content (AvgIpc) is 3.08. The van der Waals surface area contributed by atoms with Crippen LogP contribution in [0.1, 0.15) is 10.5 Å². The molecule has 1 N–H and O–H groups in total. The van der Waals surface area contributed by atoms with Gasteiger partial charge in [-0.25, -0.2) is 9.97 Å². The van der Waals surface area contributed by atoms with Gasteiger partial charge in [0.05, 0.1) is 6.33 Å². The fraction of sp³-hybridized carbons (Fsp3) is 0.154. The van der Waals surface area contributed by atoms with Crippen LogP contribution in [0.25, 0.3) is 5.65 Å². The van der Waals surface area contributed by atoms with E-state index >= 15 is 0 Å². The Labute approximate surface area is 109 Å². The van der Waals surface area contributed by atoms with Gasteiger partial charge < -0.3 is 9.88 Å². The van der Waals surface area contributed by atoms with Crippen molar-refractivity contribution in [1.29, 1.82) is 0 Å². The normalized spacial score (nSPS) is 10.7. The zero-order chi connectivity index (χ0) is 13.1. The van der Waals surface area contributed by atoms with Gasteiger partial charge in [0.2, 0.25) is 0 Å². The van der Waals surface area contributed by atoms with Gasteiger partial charge in [-0.2, -0.15) is 0 Å². The van der Waals surface area contributed by atoms with Crippen molar-refractivity contribution in [2.24, 2.45) is 0 Å². The molecular formula is C13H13N5O. The van der Waals surface area contributed by atoms with Crippen molar-refractivity contribution in [3.63, 3.8) is 0 Å². The Hall–Kier alpha value is -2.63. The number of pyridine rings is 1. The predicted octanol–water partition coefficient (Wildman–Crippen LogP) is 0.961. The third-order valence-corrected chi connectivity index (χ3v) is 2.88. The van der Waals surface area contributed by atoms with Crippen molar-refractivity contribution in [3.8, 4) is 0 Å². The molecule has 6 nitrogen and oxygen atoms in total. The summed E-state index contributed by atoms with van der Waals surface area (Å²) >= 11 is 0. The maximum atomic E-state index is 12.1. The monoisotopic (exact) mass is 255 g/mol. The van der Waals surface area contributed by atoms with Crippen molar-refractivity contribution in [3.05, 3.63) is 55.0 Å². The SMILES string of the molecule is O=C(NCCn1ccnc1)c1cccc2nccn12. The number of rotatable bonds is 4. The van der Waals surface area contributed by atoms with Crippen molar-refractivity contribution in [1.82, 2.24) is 24.3 Å². The number of nitrogens with zero attached hydrogens (tertiary/aromatic N) is 4. The largest absolute Gasteiger partial charge is 0.349 e. The van der Waals surface area contributed by atoms with Crippen molar-refractivity contribution in [2.75, 3.05) is 6.54 Å². The Kier molecular flexibility index (Phi) is 2.97. The summed E-state index contributed by atoms with van der Waals surface area (Å²) in [6.45, 7) is 1.26. The van der Waals surface area contributed by atoms with E-state index in [1.807, 2.05) is 22.9 Å². The maximum absolute atomic E-state index is 12.1. The Bertz CT molecular complexity index is 686. The summed E-state index contributed by atoms with van der Waals surface area (Å²) in [6, 6.07) is 5.47. The molecule has 3 heterocycles. The number of nitrogens with one attached hydrogen (secondary N) is 1. The van der Waals surface area contributed by atoms with Gasteiger partial charge in [-0.3, -0.25) is 9.20 Å². The molecule has 0 saturated carbocycles. The molecule has 0 aromatic carbocycles. The van der Waals surface area contributed by atoms with E-state index in [1.54, 1.807) is 35.4 Å². The second-order valence-electron chi connectivity index (χ2n) is 4.12. The van der Waals surface area contributed by atoms with Crippen LogP contribution in [0.3, 0.4) is 0 Å². The van der Waals surface area contributed by atoms with Gasteiger partial charge in [0, 0.05) is 37.9 Å². The summed E-state index contributed by atoms with van der Waals surface area (Å²) in [6.07, 6.45) is 8.76. The number of carbonyl (C=O) groups is 1. The predicted molar refractivity (Wildman–Crippen MR) is 69.8 cm³/mol. The molecule has 0 spiro atoms. The lowest BCUT2D eigenvalue weighted by atomic mass is 10.3. The number of fused-ring (bicyclic) bond motifs is 1. The second kappa shape index (κ2) is 4.93. The summed E-state index contributed by atoms with van der Waals surface area (Å²) in [5.74, 6) is -0.108. The highest BCUT2D eigenvalue weighted by Crippen LogP contribution is 2.05. The first-order valence-corrected chi connectivity index (χ1v) is 6.00. The number of carbonyl (C=O) groups excluding carboxylic acids is 1. The number of amides is 1. The summed E-state index contributed by atoms with van der Waals surface area (Å²) in [4.78, 5) is 20.2. The highest BCUT2D eigenvalue weighted by Gasteiger charge is 2.08. The van der Waals surface area contributed by atoms with Gasteiger partial charge in [0.15, 0.2) is 0 Å². The number of imidazole rings is 2. The van der Waals surface area contributed by atoms with Crippen molar-refractivity contribution < 1.29 is 4.79 Å². The van der Waals surface area contributed by atoms with E-state index in [2.05, 4.69) is 15.3 Å². The molecule has 19 heavy (non-hydrogen) atoms. The van der Waals surface area contributed by atoms with Gasteiger partial charge in [-0.1, -0.05) is 6.07 Å². The highest BCUT2D eigenvalue weighted by atomic mass is 16.1. The van der Waals surface area contributed by atoms with Crippen LogP contribution in [-0.2, 0) is 6.54 Å². The standard InChI is InChI=1S/C13H13N5O/c19-13(16-5-8-17-7-4-14-10-17)11-2-1-3-12-15-6-9-18(11)12/h1-4,6-7,9-10H,5,8H2,(H,16,19). The molecule has 3 aromatic heterocycles. The first-order chi connectivity index (χ1) is 9.34. The molecule has 3 rings (SSSR count). The van der Waals surface area contributed by atoms with E-state index in [1.165, 1.54) is 0 Å². The van der Waals surface area contributed by atoms with E-state index in [0.717, 1.165) is 5.65 Å². The smallest absolute Gasteiger partial charge is 0.268 e. The minimum atomic E-state index is -0.108. The molecule has 0 unspecified atom stereocenters. The third-order valence-electron chi connectivity index (χ3n) is 2.88. The Balaban J connectivity index is 1.68. The topological polar surface area (TPSA) is 64.2 Å². The Morgan fingerprint density at radius 3 is 3.05 bits per heavy atom. The van der Waals surface area contributed by atoms with Gasteiger partial charge in [-0.05, 0) is 12.1 Å². The molecule has 0 aliphatic carbocycles. The van der Waals surface area contributed by atoms with E-state index in [9.17, 15) is 4.79 Å². The molecule has 6 heteroatoms. The Morgan fingerprint density at radius 1 is 1.26 bits per heavy atom. The lowest BCUT2D eigenvalue weighted by Gasteiger charge is -2.07. The number of aromatic nitrogens is 4. The lowest BCUT2D eigenvalue weighted by molar-refractivity contribution is 0.0946. The zero-order valence-corrected chi connectivity index (χ0v) is 10.2. The maximum Gasteiger partial charge on any atom is 0.268 e. The first kappa shape index (κ1) is 11.5. The van der Waals surface area contributed by atoms with Crippen LogP contribution in [0.15, 0.2) is 49.3 Å². The Morgan fingerprint density at radius 2 is 2.21 bits per heavy atom. The second-order valence-corrected chi connectivity index (χ2v) is 4.12. The molecule has 3 aromatic rings. The van der Waals surface area contributed by atoms with Crippen LogP contribution in [0, 0.1) is 0 Å². The minimum Gasteiger partial charge on any atom is -0.349 e. The van der Waals surface area contributed by atoms with E-state index in [-0.39, 0.29) is 5.91 Å². The van der Waals surface area contributed by atoms with Crippen LogP contribution >= 0.6 is 0 Å². The summed E-state index contributed by atoms with van der Waals surface area (Å²) in [7, 11) is 0. The van der Waals surface area contributed by atoms with Gasteiger partial charge in [0.1, 0.15) is 11.3 Å². The lowest BCUT2D eigenvalue weighted by Crippen LogP contribution is -2.28. The molecule has 0 atom stereocenters. The van der Waals surface area contributed by atoms with Crippen LogP contribution in [0.2, 0.25) is 0 Å². The van der Waals surface area contributed by atoms with E-state index < -0.39 is 0 Å². The number of hydrogen-bond donors (Lipinski definition) is 1. The van der Waals surface area contributed by atoms with Crippen LogP contribution in [0.5, 0.6) is 0 Å². The molecule has 1 amide bonds. The summed E-state index contributed by atoms with van der Waals surface area (Å²) in [5.41, 5.74) is 1.35. The van der Waals surface area contributed by atoms with Gasteiger partial charge >= 0.3 is 0 Å². The third kappa shape index (κ3) is 2.33. The van der Waals surface area contributed by atoms with Crippen LogP contribution in [0.4, 0.5) is 0 Å². The fourth-order valence-electron chi connectivity index (χ4n) is 1.94. The quantitative estimate of drug-likeness (QED) is 0.755. The molecule has 0 saturated heterocycles. The van der Waals surface area contributed by atoms with Crippen LogP contribution in [-0.4, -0.2) is 31.4 Å². The zero-order valence-electron chi connectivity index (χ0n) is 10.2. The summed E-state index contributed by atoms with van der Waals surface area (Å²) in [5, 5.41) is 2.88. The van der Waals surface area contributed by atoms with Crippen molar-refractivity contribution >= 4 is 11.6 Å². The molecule has 0 fully saturated rings. The van der Waals surface area contributed by atoms with Gasteiger partial charge in [-0.15, -0.1) is 0 Å². The highest BCUT2D eigenvalue weighted by molar-refractivity contribution is 5.93. The van der Waals surface area contributed by atoms with Crippen molar-refractivity contribution in [2.45, 2.75) is 6.54 Å². The fourth-order valence-corrected chi connectivity index (χ4v) is 1.94. The molecule has 0 radical (unpaired) electrons. The molecular weight excluding hydrogens is 242 g/mol. The average molecular weight is 255 g/mol. The molecule has 0 aliphatic heterocycles. The summed E-state index contributed by atoms with van der Waals surface area (Å²) < 4.78 is 3.69. The molecule has 96 valence electrons. The van der Waals surface area contributed by atoms with Gasteiger partial charge in [0.25, 0.3) is 5.91 Å². The van der Waals surface area contributed by atoms with Crippen LogP contribution < -0.4 is 5.32 Å². The molecule has 0 aliphatic rings. The first-order valence-electron chi connectivity index (χ1n) is 6.00. The number of hydrogen-bond acceptors (Lipinski definition) is 3. The molecule has 0 bridgehead atoms. The van der Waals surface area contributed by atoms with E-state index in [0.29, 0.717) is 18.8 Å². The minimum absolute atomic E-state index is 0.108.